The molecule has 0 saturated heterocycles. The third kappa shape index (κ3) is 2.73. The van der Waals surface area contributed by atoms with E-state index in [1.165, 1.54) is 0 Å². The molecule has 98 valence electrons. The number of hydrogen-bond acceptors (Lipinski definition) is 3. The molecule has 0 saturated carbocycles. The Bertz CT molecular complexity index is 581. The molecule has 0 atom stereocenters. The van der Waals surface area contributed by atoms with Crippen molar-refractivity contribution in [2.75, 3.05) is 24.3 Å². The highest BCUT2D eigenvalue weighted by Crippen LogP contribution is 2.21. The SMILES string of the molecule is CNc1ccc(C)cc1C(=O)N(C)c1cccnc1. The number of rotatable bonds is 3. The number of pyridine rings is 1. The molecule has 1 aromatic heterocycles. The molecule has 4 nitrogen and oxygen atoms in total. The van der Waals surface area contributed by atoms with Gasteiger partial charge in [-0.05, 0) is 31.2 Å². The lowest BCUT2D eigenvalue weighted by molar-refractivity contribution is 0.0993. The monoisotopic (exact) mass is 255 g/mol. The Morgan fingerprint density at radius 1 is 1.32 bits per heavy atom. The normalized spacial score (nSPS) is 10.1. The molecule has 4 heteroatoms. The van der Waals surface area contributed by atoms with E-state index in [-0.39, 0.29) is 5.91 Å². The lowest BCUT2D eigenvalue weighted by Crippen LogP contribution is -2.27. The maximum Gasteiger partial charge on any atom is 0.260 e. The van der Waals surface area contributed by atoms with Crippen molar-refractivity contribution < 1.29 is 4.79 Å². The van der Waals surface area contributed by atoms with Crippen molar-refractivity contribution in [3.05, 3.63) is 53.9 Å². The average Bonchev–Trinajstić information content (AvgIpc) is 2.46. The van der Waals surface area contributed by atoms with Gasteiger partial charge in [0.2, 0.25) is 0 Å². The van der Waals surface area contributed by atoms with Crippen LogP contribution in [0.3, 0.4) is 0 Å². The summed E-state index contributed by atoms with van der Waals surface area (Å²) in [6, 6.07) is 9.46. The largest absolute Gasteiger partial charge is 0.387 e. The lowest BCUT2D eigenvalue weighted by atomic mass is 10.1. The molecule has 2 rings (SSSR count). The van der Waals surface area contributed by atoms with Crippen molar-refractivity contribution in [3.63, 3.8) is 0 Å². The molecule has 1 aromatic carbocycles. The molecule has 0 aliphatic rings. The van der Waals surface area contributed by atoms with E-state index in [9.17, 15) is 4.79 Å². The number of nitrogens with one attached hydrogen (secondary N) is 1. The van der Waals surface area contributed by atoms with Crippen LogP contribution < -0.4 is 10.2 Å². The first kappa shape index (κ1) is 13.1. The number of anilines is 2. The highest BCUT2D eigenvalue weighted by atomic mass is 16.2. The van der Waals surface area contributed by atoms with E-state index in [2.05, 4.69) is 10.3 Å². The van der Waals surface area contributed by atoms with Gasteiger partial charge in [-0.2, -0.15) is 0 Å². The highest BCUT2D eigenvalue weighted by molar-refractivity contribution is 6.09. The number of nitrogens with zero attached hydrogens (tertiary/aromatic N) is 2. The molecule has 0 fully saturated rings. The van der Waals surface area contributed by atoms with E-state index < -0.39 is 0 Å². The number of aromatic nitrogens is 1. The summed E-state index contributed by atoms with van der Waals surface area (Å²) < 4.78 is 0. The van der Waals surface area contributed by atoms with Crippen LogP contribution in [0.2, 0.25) is 0 Å². The van der Waals surface area contributed by atoms with Crippen molar-refractivity contribution in [1.82, 2.24) is 4.98 Å². The highest BCUT2D eigenvalue weighted by Gasteiger charge is 2.16. The van der Waals surface area contributed by atoms with Crippen LogP contribution in [0.4, 0.5) is 11.4 Å². The van der Waals surface area contributed by atoms with Gasteiger partial charge in [0.25, 0.3) is 5.91 Å². The minimum atomic E-state index is -0.0546. The van der Waals surface area contributed by atoms with Crippen LogP contribution in [0.25, 0.3) is 0 Å². The Balaban J connectivity index is 2.37. The van der Waals surface area contributed by atoms with Crippen LogP contribution in [0.5, 0.6) is 0 Å². The number of carbonyl (C=O) groups is 1. The number of aryl methyl sites for hydroxylation is 1. The van der Waals surface area contributed by atoms with Crippen LogP contribution >= 0.6 is 0 Å². The molecule has 0 aliphatic heterocycles. The van der Waals surface area contributed by atoms with Crippen molar-refractivity contribution in [2.24, 2.45) is 0 Å². The Morgan fingerprint density at radius 2 is 2.11 bits per heavy atom. The summed E-state index contributed by atoms with van der Waals surface area (Å²) in [5.41, 5.74) is 3.32. The molecule has 19 heavy (non-hydrogen) atoms. The molecule has 1 heterocycles. The summed E-state index contributed by atoms with van der Waals surface area (Å²) >= 11 is 0. The molecule has 0 spiro atoms. The minimum Gasteiger partial charge on any atom is -0.387 e. The molecular weight excluding hydrogens is 238 g/mol. The van der Waals surface area contributed by atoms with Gasteiger partial charge in [0.05, 0.1) is 17.4 Å². The molecule has 0 unspecified atom stereocenters. The van der Waals surface area contributed by atoms with Gasteiger partial charge in [-0.25, -0.2) is 0 Å². The zero-order valence-corrected chi connectivity index (χ0v) is 11.3. The lowest BCUT2D eigenvalue weighted by Gasteiger charge is -2.19. The maximum absolute atomic E-state index is 12.5. The van der Waals surface area contributed by atoms with Gasteiger partial charge in [-0.3, -0.25) is 9.78 Å². The van der Waals surface area contributed by atoms with Gasteiger partial charge < -0.3 is 10.2 Å². The van der Waals surface area contributed by atoms with Gasteiger partial charge in [0.1, 0.15) is 0 Å². The summed E-state index contributed by atoms with van der Waals surface area (Å²) in [6.07, 6.45) is 3.36. The summed E-state index contributed by atoms with van der Waals surface area (Å²) in [7, 11) is 3.56. The number of benzene rings is 1. The van der Waals surface area contributed by atoms with Crippen molar-refractivity contribution in [1.29, 1.82) is 0 Å². The standard InChI is InChI=1S/C15H17N3O/c1-11-6-7-14(16-2)13(9-11)15(19)18(3)12-5-4-8-17-10-12/h4-10,16H,1-3H3. The van der Waals surface area contributed by atoms with E-state index in [1.54, 1.807) is 24.3 Å². The van der Waals surface area contributed by atoms with Crippen molar-refractivity contribution in [2.45, 2.75) is 6.92 Å². The Hall–Kier alpha value is -2.36. The Labute approximate surface area is 113 Å². The Kier molecular flexibility index (Phi) is 3.80. The van der Waals surface area contributed by atoms with Gasteiger partial charge in [0, 0.05) is 26.0 Å². The zero-order chi connectivity index (χ0) is 13.8. The predicted octanol–water partition coefficient (Wildman–Crippen LogP) is 2.71. The average molecular weight is 255 g/mol. The molecule has 1 amide bonds. The van der Waals surface area contributed by atoms with Crippen LogP contribution in [-0.2, 0) is 0 Å². The number of hydrogen-bond donors (Lipinski definition) is 1. The van der Waals surface area contributed by atoms with Crippen LogP contribution in [0, 0.1) is 6.92 Å². The van der Waals surface area contributed by atoms with Crippen molar-refractivity contribution in [3.8, 4) is 0 Å². The summed E-state index contributed by atoms with van der Waals surface area (Å²) in [5, 5.41) is 3.05. The fraction of sp³-hybridized carbons (Fsp3) is 0.200. The summed E-state index contributed by atoms with van der Waals surface area (Å²) in [4.78, 5) is 18.2. The van der Waals surface area contributed by atoms with Gasteiger partial charge >= 0.3 is 0 Å². The Morgan fingerprint density at radius 3 is 2.74 bits per heavy atom. The van der Waals surface area contributed by atoms with Crippen molar-refractivity contribution >= 4 is 17.3 Å². The first-order valence-corrected chi connectivity index (χ1v) is 6.10. The van der Waals surface area contributed by atoms with E-state index in [1.807, 2.05) is 44.3 Å². The smallest absolute Gasteiger partial charge is 0.260 e. The quantitative estimate of drug-likeness (QED) is 0.917. The molecule has 0 bridgehead atoms. The van der Waals surface area contributed by atoms with Gasteiger partial charge in [-0.1, -0.05) is 11.6 Å². The minimum absolute atomic E-state index is 0.0546. The fourth-order valence-corrected chi connectivity index (χ4v) is 1.90. The molecule has 2 aromatic rings. The van der Waals surface area contributed by atoms with Gasteiger partial charge in [0.15, 0.2) is 0 Å². The van der Waals surface area contributed by atoms with E-state index >= 15 is 0 Å². The first-order valence-electron chi connectivity index (χ1n) is 6.10. The third-order valence-electron chi connectivity index (χ3n) is 3.01. The molecule has 0 aliphatic carbocycles. The predicted molar refractivity (Wildman–Crippen MR) is 77.7 cm³/mol. The number of amides is 1. The van der Waals surface area contributed by atoms with Crippen LogP contribution in [0.1, 0.15) is 15.9 Å². The van der Waals surface area contributed by atoms with E-state index in [4.69, 9.17) is 0 Å². The number of carbonyl (C=O) groups excluding carboxylic acids is 1. The first-order chi connectivity index (χ1) is 9.13. The molecular formula is C15H17N3O. The molecule has 1 N–H and O–H groups in total. The summed E-state index contributed by atoms with van der Waals surface area (Å²) in [6.45, 7) is 1.97. The van der Waals surface area contributed by atoms with Crippen LogP contribution in [-0.4, -0.2) is 25.0 Å². The molecule has 0 radical (unpaired) electrons. The maximum atomic E-state index is 12.5. The summed E-state index contributed by atoms with van der Waals surface area (Å²) in [5.74, 6) is -0.0546. The van der Waals surface area contributed by atoms with Crippen LogP contribution in [0.15, 0.2) is 42.7 Å². The second-order valence-corrected chi connectivity index (χ2v) is 4.37. The van der Waals surface area contributed by atoms with E-state index in [0.717, 1.165) is 16.9 Å². The fourth-order valence-electron chi connectivity index (χ4n) is 1.90. The van der Waals surface area contributed by atoms with E-state index in [0.29, 0.717) is 5.56 Å². The third-order valence-corrected chi connectivity index (χ3v) is 3.01. The second-order valence-electron chi connectivity index (χ2n) is 4.37. The second kappa shape index (κ2) is 5.52. The topological polar surface area (TPSA) is 45.2 Å². The van der Waals surface area contributed by atoms with Gasteiger partial charge in [-0.15, -0.1) is 0 Å². The zero-order valence-electron chi connectivity index (χ0n) is 11.3.